The fourth-order valence-electron chi connectivity index (χ4n) is 5.24. The minimum Gasteiger partial charge on any atom is -0.461 e. The average molecular weight is 637 g/mol. The van der Waals surface area contributed by atoms with Crippen LogP contribution in [0, 0.1) is 0 Å². The molecule has 3 heterocycles. The Morgan fingerprint density at radius 1 is 0.522 bits per heavy atom. The van der Waals surface area contributed by atoms with Crippen LogP contribution in [0.2, 0.25) is 0 Å². The minimum atomic E-state index is -4.49. The third-order valence-corrected chi connectivity index (χ3v) is 7.67. The summed E-state index contributed by atoms with van der Waals surface area (Å²) in [6.07, 6.45) is -7.07. The van der Waals surface area contributed by atoms with E-state index < -0.39 is 35.7 Å². The smallest absolute Gasteiger partial charge is 0.416 e. The van der Waals surface area contributed by atoms with E-state index in [1.165, 1.54) is 24.3 Å². The highest BCUT2D eigenvalue weighted by Gasteiger charge is 2.32. The summed E-state index contributed by atoms with van der Waals surface area (Å²) in [6.45, 7) is 0. The normalized spacial score (nSPS) is 13.5. The molecule has 6 aromatic rings. The van der Waals surface area contributed by atoms with Gasteiger partial charge in [0, 0.05) is 26.5 Å². The van der Waals surface area contributed by atoms with E-state index in [2.05, 4.69) is 10.2 Å². The second-order valence-electron chi connectivity index (χ2n) is 10.7. The summed E-state index contributed by atoms with van der Waals surface area (Å²) in [5.74, 6) is 0.220. The predicted octanol–water partition coefficient (Wildman–Crippen LogP) is 8.68. The molecule has 6 nitrogen and oxygen atoms in total. The Morgan fingerprint density at radius 2 is 0.891 bits per heavy atom. The molecule has 0 aliphatic rings. The molecule has 0 saturated heterocycles. The summed E-state index contributed by atoms with van der Waals surface area (Å²) in [6, 6.07) is 23.7. The zero-order chi connectivity index (χ0) is 32.6. The van der Waals surface area contributed by atoms with Gasteiger partial charge in [-0.2, -0.15) is 26.3 Å². The summed E-state index contributed by atoms with van der Waals surface area (Å²) in [5.41, 5.74) is 0.692. The third-order valence-electron chi connectivity index (χ3n) is 7.67. The molecule has 236 valence electrons. The van der Waals surface area contributed by atoms with E-state index in [1.807, 2.05) is 0 Å². The summed E-state index contributed by atoms with van der Waals surface area (Å²) < 4.78 is 96.1. The number of ether oxygens (including phenoxy) is 2. The molecule has 0 spiro atoms. The second-order valence-corrected chi connectivity index (χ2v) is 10.7. The minimum absolute atomic E-state index is 0.110. The first-order chi connectivity index (χ1) is 21.9. The van der Waals surface area contributed by atoms with Crippen molar-refractivity contribution in [3.8, 4) is 11.8 Å². The monoisotopic (exact) mass is 636 g/mol. The van der Waals surface area contributed by atoms with Crippen molar-refractivity contribution in [2.45, 2.75) is 24.6 Å². The molecule has 0 unspecified atom stereocenters. The van der Waals surface area contributed by atoms with Crippen LogP contribution in [0.15, 0.2) is 109 Å². The van der Waals surface area contributed by atoms with Gasteiger partial charge in [-0.1, -0.05) is 36.4 Å². The predicted molar refractivity (Wildman–Crippen MR) is 158 cm³/mol. The summed E-state index contributed by atoms with van der Waals surface area (Å²) in [4.78, 5) is 0. The number of rotatable bonds is 8. The molecular weight excluding hydrogens is 610 g/mol. The third kappa shape index (κ3) is 6.15. The second kappa shape index (κ2) is 11.9. The fourth-order valence-corrected chi connectivity index (χ4v) is 5.24. The zero-order valence-corrected chi connectivity index (χ0v) is 24.4. The van der Waals surface area contributed by atoms with Crippen LogP contribution in [0.5, 0.6) is 11.8 Å². The molecule has 2 atom stereocenters. The standard InChI is InChI=1S/C34H26F6N4O2/c1-43-19-5-9-27(43)29(21-11-15-23(16-12-21)33(35,36)37)45-31-25-7-3-4-8-26(25)32(42-41-31)46-30(28-10-6-20-44(28)2)22-13-17-24(18-14-22)34(38,39)40/h3-20,29-30H,1-2H3/t29-,30-/m1/s1. The highest BCUT2D eigenvalue weighted by atomic mass is 19.4. The Kier molecular flexibility index (Phi) is 7.97. The van der Waals surface area contributed by atoms with Crippen molar-refractivity contribution >= 4 is 10.8 Å². The molecule has 46 heavy (non-hydrogen) atoms. The van der Waals surface area contributed by atoms with Gasteiger partial charge in [0.25, 0.3) is 0 Å². The van der Waals surface area contributed by atoms with Crippen LogP contribution < -0.4 is 9.47 Å². The van der Waals surface area contributed by atoms with Crippen LogP contribution in [0.25, 0.3) is 10.8 Å². The van der Waals surface area contributed by atoms with Gasteiger partial charge in [0.05, 0.1) is 33.3 Å². The molecule has 0 saturated carbocycles. The van der Waals surface area contributed by atoms with Crippen LogP contribution >= 0.6 is 0 Å². The first-order valence-corrected chi connectivity index (χ1v) is 14.1. The van der Waals surface area contributed by atoms with Crippen LogP contribution in [0.4, 0.5) is 26.3 Å². The number of hydrogen-bond donors (Lipinski definition) is 0. The maximum absolute atomic E-state index is 13.3. The highest BCUT2D eigenvalue weighted by molar-refractivity contribution is 5.90. The molecule has 0 bridgehead atoms. The number of halogens is 6. The lowest BCUT2D eigenvalue weighted by Gasteiger charge is -2.23. The van der Waals surface area contributed by atoms with Crippen molar-refractivity contribution in [2.75, 3.05) is 0 Å². The number of benzene rings is 3. The molecule has 0 aliphatic carbocycles. The Bertz CT molecular complexity index is 1820. The van der Waals surface area contributed by atoms with Crippen molar-refractivity contribution in [3.05, 3.63) is 143 Å². The number of alkyl halides is 6. The van der Waals surface area contributed by atoms with Gasteiger partial charge >= 0.3 is 12.4 Å². The van der Waals surface area contributed by atoms with Crippen LogP contribution in [-0.2, 0) is 26.4 Å². The Labute approximate surface area is 259 Å². The highest BCUT2D eigenvalue weighted by Crippen LogP contribution is 2.38. The van der Waals surface area contributed by atoms with Crippen molar-refractivity contribution in [3.63, 3.8) is 0 Å². The van der Waals surface area contributed by atoms with E-state index in [1.54, 1.807) is 84.2 Å². The Hall–Kier alpha value is -5.26. The average Bonchev–Trinajstić information content (AvgIpc) is 3.66. The molecule has 0 fully saturated rings. The molecular formula is C34H26F6N4O2. The molecule has 0 aliphatic heterocycles. The number of aromatic nitrogens is 4. The van der Waals surface area contributed by atoms with E-state index in [9.17, 15) is 26.3 Å². The number of aryl methyl sites for hydroxylation is 2. The summed E-state index contributed by atoms with van der Waals surface area (Å²) >= 11 is 0. The van der Waals surface area contributed by atoms with E-state index in [-0.39, 0.29) is 11.8 Å². The maximum Gasteiger partial charge on any atom is 0.416 e. The van der Waals surface area contributed by atoms with Gasteiger partial charge in [-0.25, -0.2) is 0 Å². The van der Waals surface area contributed by atoms with Gasteiger partial charge in [-0.15, -0.1) is 10.2 Å². The molecule has 3 aromatic heterocycles. The van der Waals surface area contributed by atoms with Gasteiger partial charge in [0.2, 0.25) is 11.8 Å². The van der Waals surface area contributed by atoms with Gasteiger partial charge in [0.1, 0.15) is 0 Å². The van der Waals surface area contributed by atoms with E-state index in [0.29, 0.717) is 33.3 Å². The van der Waals surface area contributed by atoms with Gasteiger partial charge in [-0.05, 0) is 71.8 Å². The fraction of sp³-hybridized carbons (Fsp3) is 0.176. The first kappa shape index (κ1) is 30.8. The van der Waals surface area contributed by atoms with Gasteiger partial charge in [-0.3, -0.25) is 0 Å². The lowest BCUT2D eigenvalue weighted by molar-refractivity contribution is -0.138. The number of hydrogen-bond acceptors (Lipinski definition) is 4. The van der Waals surface area contributed by atoms with E-state index >= 15 is 0 Å². The first-order valence-electron chi connectivity index (χ1n) is 14.1. The van der Waals surface area contributed by atoms with E-state index in [0.717, 1.165) is 24.3 Å². The zero-order valence-electron chi connectivity index (χ0n) is 24.4. The molecule has 6 rings (SSSR count). The lowest BCUT2D eigenvalue weighted by Crippen LogP contribution is -2.16. The van der Waals surface area contributed by atoms with Gasteiger partial charge < -0.3 is 18.6 Å². The number of fused-ring (bicyclic) bond motifs is 1. The summed E-state index contributed by atoms with van der Waals surface area (Å²) in [5, 5.41) is 9.67. The maximum atomic E-state index is 13.3. The van der Waals surface area contributed by atoms with Gasteiger partial charge in [0.15, 0.2) is 12.2 Å². The van der Waals surface area contributed by atoms with Crippen molar-refractivity contribution in [1.82, 2.24) is 19.3 Å². The molecule has 0 amide bonds. The van der Waals surface area contributed by atoms with Crippen LogP contribution in [0.3, 0.4) is 0 Å². The molecule has 0 radical (unpaired) electrons. The molecule has 12 heteroatoms. The Balaban J connectivity index is 1.39. The molecule has 0 N–H and O–H groups in total. The quantitative estimate of drug-likeness (QED) is 0.157. The molecule has 3 aromatic carbocycles. The largest absolute Gasteiger partial charge is 0.461 e. The van der Waals surface area contributed by atoms with Crippen LogP contribution in [0.1, 0.15) is 45.8 Å². The summed E-state index contributed by atoms with van der Waals surface area (Å²) in [7, 11) is 3.59. The topological polar surface area (TPSA) is 54.1 Å². The SMILES string of the molecule is Cn1cccc1[C@H](Oc1nnc(O[C@H](c2ccc(C(F)(F)F)cc2)c2cccn2C)c2ccccc12)c1ccc(C(F)(F)F)cc1. The number of nitrogens with zero attached hydrogens (tertiary/aromatic N) is 4. The van der Waals surface area contributed by atoms with E-state index in [4.69, 9.17) is 9.47 Å². The Morgan fingerprint density at radius 3 is 1.20 bits per heavy atom. The van der Waals surface area contributed by atoms with Crippen LogP contribution in [-0.4, -0.2) is 19.3 Å². The van der Waals surface area contributed by atoms with Crippen molar-refractivity contribution in [2.24, 2.45) is 14.1 Å². The van der Waals surface area contributed by atoms with Crippen molar-refractivity contribution in [1.29, 1.82) is 0 Å². The lowest BCUT2D eigenvalue weighted by atomic mass is 10.0. The van der Waals surface area contributed by atoms with Crippen molar-refractivity contribution < 1.29 is 35.8 Å².